The van der Waals surface area contributed by atoms with Gasteiger partial charge < -0.3 is 8.98 Å². The molecular weight excluding hydrogens is 733 g/mol. The van der Waals surface area contributed by atoms with Crippen molar-refractivity contribution in [3.8, 4) is 39.9 Å². The van der Waals surface area contributed by atoms with Gasteiger partial charge in [0.25, 0.3) is 0 Å². The maximum Gasteiger partial charge on any atom is 0.167 e. The molecule has 0 amide bonds. The van der Waals surface area contributed by atoms with Gasteiger partial charge >= 0.3 is 0 Å². The quantitative estimate of drug-likeness (QED) is 0.179. The van der Waals surface area contributed by atoms with E-state index in [1.807, 2.05) is 6.07 Å². The number of hydrogen-bond donors (Lipinski definition) is 0. The largest absolute Gasteiger partial charge is 0.455 e. The third kappa shape index (κ3) is 4.90. The summed E-state index contributed by atoms with van der Waals surface area (Å²) in [6.07, 6.45) is 6.55. The average Bonchev–Trinajstić information content (AvgIpc) is 3.86. The van der Waals surface area contributed by atoms with Crippen molar-refractivity contribution in [3.63, 3.8) is 0 Å². The zero-order chi connectivity index (χ0) is 39.3. The first-order valence-corrected chi connectivity index (χ1v) is 20.6. The first-order chi connectivity index (χ1) is 29.7. The lowest BCUT2D eigenvalue weighted by atomic mass is 9.89. The zero-order valence-electron chi connectivity index (χ0n) is 32.4. The van der Waals surface area contributed by atoms with Crippen LogP contribution in [0.2, 0.25) is 0 Å². The highest BCUT2D eigenvalue weighted by Crippen LogP contribution is 2.44. The maximum absolute atomic E-state index is 6.95. The van der Waals surface area contributed by atoms with Crippen LogP contribution >= 0.6 is 0 Å². The lowest BCUT2D eigenvalue weighted by Gasteiger charge is -2.18. The van der Waals surface area contributed by atoms with E-state index in [2.05, 4.69) is 181 Å². The van der Waals surface area contributed by atoms with E-state index >= 15 is 0 Å². The SMILES string of the molecule is C1=Cc2cc(-c3nc(-c4cccc5ccccc45)nc(-c4ccc(-n5c6ccccc6c6cc7ccccc7cc65)c5c4oc4ccccc45)n3)c3ccccc3c2CC1. The summed E-state index contributed by atoms with van der Waals surface area (Å²) in [5.41, 5.74) is 10.2. The van der Waals surface area contributed by atoms with Gasteiger partial charge in [-0.25, -0.2) is 15.0 Å². The van der Waals surface area contributed by atoms with Gasteiger partial charge in [-0.3, -0.25) is 0 Å². The molecule has 0 radical (unpaired) electrons. The van der Waals surface area contributed by atoms with E-state index in [0.717, 1.165) is 84.3 Å². The van der Waals surface area contributed by atoms with Crippen molar-refractivity contribution in [1.82, 2.24) is 19.5 Å². The fraction of sp³-hybridized carbons (Fsp3) is 0.0364. The Kier molecular flexibility index (Phi) is 7.07. The molecule has 3 heterocycles. The maximum atomic E-state index is 6.95. The molecule has 0 aliphatic heterocycles. The molecular formula is C55H34N4O. The summed E-state index contributed by atoms with van der Waals surface area (Å²) in [6, 6.07) is 60.3. The van der Waals surface area contributed by atoms with Crippen LogP contribution in [0.5, 0.6) is 0 Å². The Balaban J connectivity index is 1.12. The van der Waals surface area contributed by atoms with E-state index in [-0.39, 0.29) is 0 Å². The molecule has 3 aromatic heterocycles. The number of para-hydroxylation sites is 2. The van der Waals surface area contributed by atoms with Crippen molar-refractivity contribution in [3.05, 3.63) is 187 Å². The van der Waals surface area contributed by atoms with E-state index in [1.165, 1.54) is 38.1 Å². The van der Waals surface area contributed by atoms with E-state index < -0.39 is 0 Å². The van der Waals surface area contributed by atoms with Crippen LogP contribution < -0.4 is 0 Å². The van der Waals surface area contributed by atoms with Gasteiger partial charge in [0.05, 0.1) is 27.7 Å². The van der Waals surface area contributed by atoms with Crippen LogP contribution in [0.3, 0.4) is 0 Å². The summed E-state index contributed by atoms with van der Waals surface area (Å²) in [7, 11) is 0. The van der Waals surface area contributed by atoms with Crippen molar-refractivity contribution < 1.29 is 4.42 Å². The molecule has 0 N–H and O–H groups in total. The van der Waals surface area contributed by atoms with Gasteiger partial charge in [0.1, 0.15) is 11.2 Å². The van der Waals surface area contributed by atoms with Gasteiger partial charge in [-0.15, -0.1) is 0 Å². The minimum atomic E-state index is 0.559. The van der Waals surface area contributed by atoms with Crippen LogP contribution in [-0.2, 0) is 6.42 Å². The number of furan rings is 1. The number of aryl methyl sites for hydroxylation is 1. The highest BCUT2D eigenvalue weighted by Gasteiger charge is 2.24. The second-order valence-corrected chi connectivity index (χ2v) is 15.8. The predicted octanol–water partition coefficient (Wildman–Crippen LogP) is 14.3. The molecule has 0 saturated heterocycles. The van der Waals surface area contributed by atoms with Crippen molar-refractivity contribution in [2.45, 2.75) is 12.8 Å². The molecule has 0 fully saturated rings. The monoisotopic (exact) mass is 766 g/mol. The van der Waals surface area contributed by atoms with E-state index in [0.29, 0.717) is 17.5 Å². The minimum Gasteiger partial charge on any atom is -0.455 e. The Morgan fingerprint density at radius 2 is 1.10 bits per heavy atom. The molecule has 0 saturated carbocycles. The van der Waals surface area contributed by atoms with Gasteiger partial charge in [-0.05, 0) is 98.8 Å². The molecule has 1 aliphatic carbocycles. The summed E-state index contributed by atoms with van der Waals surface area (Å²) in [4.78, 5) is 16.1. The Labute approximate surface area is 344 Å². The number of nitrogens with zero attached hydrogens (tertiary/aromatic N) is 4. The molecule has 13 rings (SSSR count). The van der Waals surface area contributed by atoms with Crippen LogP contribution in [0.4, 0.5) is 0 Å². The Morgan fingerprint density at radius 1 is 0.450 bits per heavy atom. The molecule has 9 aromatic carbocycles. The zero-order valence-corrected chi connectivity index (χ0v) is 32.4. The van der Waals surface area contributed by atoms with Crippen LogP contribution in [0.1, 0.15) is 17.5 Å². The van der Waals surface area contributed by atoms with Crippen molar-refractivity contribution in [2.24, 2.45) is 0 Å². The minimum absolute atomic E-state index is 0.559. The second kappa shape index (κ2) is 12.8. The first kappa shape index (κ1) is 33.1. The van der Waals surface area contributed by atoms with Crippen LogP contribution in [0.15, 0.2) is 180 Å². The smallest absolute Gasteiger partial charge is 0.167 e. The van der Waals surface area contributed by atoms with Gasteiger partial charge in [0.2, 0.25) is 0 Å². The third-order valence-electron chi connectivity index (χ3n) is 12.5. The van der Waals surface area contributed by atoms with Crippen molar-refractivity contribution in [2.75, 3.05) is 0 Å². The second-order valence-electron chi connectivity index (χ2n) is 15.8. The lowest BCUT2D eigenvalue weighted by molar-refractivity contribution is 0.669. The van der Waals surface area contributed by atoms with Crippen LogP contribution in [0.25, 0.3) is 122 Å². The first-order valence-electron chi connectivity index (χ1n) is 20.6. The van der Waals surface area contributed by atoms with E-state index in [9.17, 15) is 0 Å². The Morgan fingerprint density at radius 3 is 1.95 bits per heavy atom. The normalized spacial score (nSPS) is 12.8. The molecule has 1 aliphatic rings. The number of aromatic nitrogens is 4. The number of rotatable bonds is 4. The highest BCUT2D eigenvalue weighted by molar-refractivity contribution is 6.18. The van der Waals surface area contributed by atoms with Crippen LogP contribution in [0, 0.1) is 0 Å². The highest BCUT2D eigenvalue weighted by atomic mass is 16.3. The molecule has 60 heavy (non-hydrogen) atoms. The molecule has 0 bridgehead atoms. The standard InChI is InChI=1S/C55H34N4O/c1-2-16-35-32-49-45(30-34(35)15-1)41-23-9-11-26-47(41)59(49)48-29-28-44(52-51(48)43-24-10-12-27-50(43)60-52)54-56-53(42-25-13-18-33-14-3-5-19-37(33)42)57-55(58-54)46-31-36-17-4-6-20-38(36)39-21-7-8-22-40(39)46/h1-5,7-19,21-32H,6,20H2. The van der Waals surface area contributed by atoms with Gasteiger partial charge in [-0.1, -0.05) is 140 Å². The lowest BCUT2D eigenvalue weighted by Crippen LogP contribution is -2.03. The number of allylic oxidation sites excluding steroid dienone is 1. The Bertz CT molecular complexity index is 3790. The predicted molar refractivity (Wildman–Crippen MR) is 248 cm³/mol. The topological polar surface area (TPSA) is 56.7 Å². The van der Waals surface area contributed by atoms with Gasteiger partial charge in [0, 0.05) is 27.3 Å². The molecule has 0 spiro atoms. The van der Waals surface area contributed by atoms with Gasteiger partial charge in [0.15, 0.2) is 17.5 Å². The molecule has 12 aromatic rings. The molecule has 0 unspecified atom stereocenters. The van der Waals surface area contributed by atoms with E-state index in [4.69, 9.17) is 19.4 Å². The molecule has 5 nitrogen and oxygen atoms in total. The summed E-state index contributed by atoms with van der Waals surface area (Å²) >= 11 is 0. The van der Waals surface area contributed by atoms with Crippen molar-refractivity contribution >= 4 is 82.1 Å². The third-order valence-corrected chi connectivity index (χ3v) is 12.5. The fourth-order valence-corrected chi connectivity index (χ4v) is 9.75. The summed E-state index contributed by atoms with van der Waals surface area (Å²) in [5.74, 6) is 1.80. The Hall–Kier alpha value is -7.89. The fourth-order valence-electron chi connectivity index (χ4n) is 9.75. The number of fused-ring (bicyclic) bond motifs is 11. The molecule has 0 atom stereocenters. The summed E-state index contributed by atoms with van der Waals surface area (Å²) < 4.78 is 9.36. The summed E-state index contributed by atoms with van der Waals surface area (Å²) in [5, 5.41) is 11.5. The summed E-state index contributed by atoms with van der Waals surface area (Å²) in [6.45, 7) is 0. The van der Waals surface area contributed by atoms with Gasteiger partial charge in [-0.2, -0.15) is 0 Å². The van der Waals surface area contributed by atoms with Crippen molar-refractivity contribution in [1.29, 1.82) is 0 Å². The average molecular weight is 767 g/mol. The number of hydrogen-bond acceptors (Lipinski definition) is 4. The molecule has 5 heteroatoms. The molecule has 280 valence electrons. The van der Waals surface area contributed by atoms with E-state index in [1.54, 1.807) is 0 Å². The number of benzene rings is 9. The van der Waals surface area contributed by atoms with Crippen LogP contribution in [-0.4, -0.2) is 19.5 Å².